The molecule has 1 aliphatic rings. The van der Waals surface area contributed by atoms with Gasteiger partial charge in [0.2, 0.25) is 5.91 Å². The van der Waals surface area contributed by atoms with Gasteiger partial charge in [-0.1, -0.05) is 30.3 Å². The van der Waals surface area contributed by atoms with Crippen molar-refractivity contribution in [2.75, 3.05) is 27.2 Å². The van der Waals surface area contributed by atoms with Crippen LogP contribution in [0.3, 0.4) is 0 Å². The fourth-order valence-corrected chi connectivity index (χ4v) is 4.51. The number of amides is 2. The van der Waals surface area contributed by atoms with Gasteiger partial charge in [0.1, 0.15) is 5.75 Å². The quantitative estimate of drug-likeness (QED) is 0.650. The third kappa shape index (κ3) is 4.21. The van der Waals surface area contributed by atoms with Crippen molar-refractivity contribution in [3.05, 3.63) is 84.2 Å². The van der Waals surface area contributed by atoms with E-state index in [9.17, 15) is 9.59 Å². The molecule has 0 spiro atoms. The highest BCUT2D eigenvalue weighted by molar-refractivity contribution is 5.96. The summed E-state index contributed by atoms with van der Waals surface area (Å²) in [6, 6.07) is 19.2. The van der Waals surface area contributed by atoms with Gasteiger partial charge in [-0.15, -0.1) is 0 Å². The average molecular weight is 430 g/mol. The van der Waals surface area contributed by atoms with Crippen LogP contribution in [-0.4, -0.2) is 48.9 Å². The van der Waals surface area contributed by atoms with Gasteiger partial charge in [0.05, 0.1) is 12.5 Å². The first-order chi connectivity index (χ1) is 15.6. The van der Waals surface area contributed by atoms with E-state index >= 15 is 0 Å². The topological polar surface area (TPSA) is 71.5 Å². The van der Waals surface area contributed by atoms with Crippen molar-refractivity contribution in [1.29, 1.82) is 0 Å². The minimum Gasteiger partial charge on any atom is -0.497 e. The minimum absolute atomic E-state index is 0.0389. The molecule has 2 aromatic carbocycles. The standard InChI is InChI=1S/C26H27N3O3/c1-27-25(31)26(17-21-6-3-4-9-23(21)19-10-13-28-14-11-19)12-15-29(18-26)24(30)20-7-5-8-22(16-20)32-2/h3-11,13-14,16H,12,15,17-18H2,1-2H3,(H,27,31). The van der Waals surface area contributed by atoms with Gasteiger partial charge in [-0.2, -0.15) is 0 Å². The van der Waals surface area contributed by atoms with Crippen molar-refractivity contribution >= 4 is 11.8 Å². The lowest BCUT2D eigenvalue weighted by Crippen LogP contribution is -2.44. The number of likely N-dealkylation sites (tertiary alicyclic amines) is 1. The largest absolute Gasteiger partial charge is 0.497 e. The SMILES string of the molecule is CNC(=O)C1(Cc2ccccc2-c2ccncc2)CCN(C(=O)c2cccc(OC)c2)C1. The molecule has 1 saturated heterocycles. The first-order valence-electron chi connectivity index (χ1n) is 10.7. The van der Waals surface area contributed by atoms with E-state index in [4.69, 9.17) is 4.74 Å². The molecule has 1 N–H and O–H groups in total. The van der Waals surface area contributed by atoms with Crippen LogP contribution in [0.15, 0.2) is 73.1 Å². The smallest absolute Gasteiger partial charge is 0.254 e. The second-order valence-electron chi connectivity index (χ2n) is 8.14. The Morgan fingerprint density at radius 3 is 2.62 bits per heavy atom. The normalized spacial score (nSPS) is 17.8. The highest BCUT2D eigenvalue weighted by Gasteiger charge is 2.46. The summed E-state index contributed by atoms with van der Waals surface area (Å²) in [5, 5.41) is 2.84. The Labute approximate surface area is 188 Å². The van der Waals surface area contributed by atoms with Gasteiger partial charge in [-0.05, 0) is 59.9 Å². The molecule has 0 bridgehead atoms. The molecule has 32 heavy (non-hydrogen) atoms. The van der Waals surface area contributed by atoms with Crippen LogP contribution in [-0.2, 0) is 11.2 Å². The van der Waals surface area contributed by atoms with Gasteiger partial charge < -0.3 is 15.0 Å². The Balaban J connectivity index is 1.63. The van der Waals surface area contributed by atoms with E-state index in [2.05, 4.69) is 22.4 Å². The van der Waals surface area contributed by atoms with E-state index in [1.807, 2.05) is 30.3 Å². The second kappa shape index (κ2) is 9.22. The lowest BCUT2D eigenvalue weighted by molar-refractivity contribution is -0.129. The number of rotatable bonds is 6. The maximum absolute atomic E-state index is 13.2. The molecule has 2 heterocycles. The van der Waals surface area contributed by atoms with Crippen molar-refractivity contribution in [2.24, 2.45) is 5.41 Å². The first kappa shape index (κ1) is 21.6. The Morgan fingerprint density at radius 1 is 1.09 bits per heavy atom. The lowest BCUT2D eigenvalue weighted by Gasteiger charge is -2.28. The van der Waals surface area contributed by atoms with E-state index in [1.54, 1.807) is 49.7 Å². The molecule has 164 valence electrons. The van der Waals surface area contributed by atoms with Crippen molar-refractivity contribution in [3.63, 3.8) is 0 Å². The van der Waals surface area contributed by atoms with Crippen LogP contribution in [0.4, 0.5) is 0 Å². The molecule has 1 unspecified atom stereocenters. The summed E-state index contributed by atoms with van der Waals surface area (Å²) in [5.41, 5.74) is 3.10. The number of pyridine rings is 1. The molecule has 1 aromatic heterocycles. The van der Waals surface area contributed by atoms with E-state index in [0.29, 0.717) is 37.2 Å². The molecule has 2 amide bonds. The number of hydrogen-bond acceptors (Lipinski definition) is 4. The number of methoxy groups -OCH3 is 1. The number of nitrogens with one attached hydrogen (secondary N) is 1. The summed E-state index contributed by atoms with van der Waals surface area (Å²) < 4.78 is 5.26. The fraction of sp³-hybridized carbons (Fsp3) is 0.269. The molecule has 6 heteroatoms. The van der Waals surface area contributed by atoms with Gasteiger partial charge in [0.25, 0.3) is 5.91 Å². The Hall–Kier alpha value is -3.67. The van der Waals surface area contributed by atoms with Crippen molar-refractivity contribution < 1.29 is 14.3 Å². The molecule has 0 radical (unpaired) electrons. The van der Waals surface area contributed by atoms with Gasteiger partial charge in [-0.3, -0.25) is 14.6 Å². The molecule has 0 saturated carbocycles. The van der Waals surface area contributed by atoms with Crippen LogP contribution in [0.25, 0.3) is 11.1 Å². The maximum atomic E-state index is 13.2. The molecular formula is C26H27N3O3. The second-order valence-corrected chi connectivity index (χ2v) is 8.14. The molecule has 3 aromatic rings. The Morgan fingerprint density at radius 2 is 1.88 bits per heavy atom. The molecule has 4 rings (SSSR count). The molecular weight excluding hydrogens is 402 g/mol. The van der Waals surface area contributed by atoms with E-state index in [1.165, 1.54) is 0 Å². The molecule has 0 aliphatic carbocycles. The van der Waals surface area contributed by atoms with Crippen LogP contribution in [0, 0.1) is 5.41 Å². The first-order valence-corrected chi connectivity index (χ1v) is 10.7. The van der Waals surface area contributed by atoms with Gasteiger partial charge in [-0.25, -0.2) is 0 Å². The van der Waals surface area contributed by atoms with E-state index < -0.39 is 5.41 Å². The highest BCUT2D eigenvalue weighted by Crippen LogP contribution is 2.38. The number of carbonyl (C=O) groups is 2. The van der Waals surface area contributed by atoms with Crippen LogP contribution in [0.1, 0.15) is 22.3 Å². The number of aromatic nitrogens is 1. The Kier molecular flexibility index (Phi) is 6.21. The predicted molar refractivity (Wildman–Crippen MR) is 123 cm³/mol. The zero-order valence-electron chi connectivity index (χ0n) is 18.4. The fourth-order valence-electron chi connectivity index (χ4n) is 4.51. The summed E-state index contributed by atoms with van der Waals surface area (Å²) >= 11 is 0. The van der Waals surface area contributed by atoms with Crippen LogP contribution in [0.5, 0.6) is 5.75 Å². The van der Waals surface area contributed by atoms with Crippen molar-refractivity contribution in [2.45, 2.75) is 12.8 Å². The average Bonchev–Trinajstić information content (AvgIpc) is 3.29. The number of hydrogen-bond donors (Lipinski definition) is 1. The molecule has 1 fully saturated rings. The lowest BCUT2D eigenvalue weighted by atomic mass is 9.78. The van der Waals surface area contributed by atoms with Crippen LogP contribution in [0.2, 0.25) is 0 Å². The molecule has 1 atom stereocenters. The zero-order valence-corrected chi connectivity index (χ0v) is 18.4. The summed E-state index contributed by atoms with van der Waals surface area (Å²) in [4.78, 5) is 32.2. The predicted octanol–water partition coefficient (Wildman–Crippen LogP) is 3.58. The zero-order chi connectivity index (χ0) is 22.6. The van der Waals surface area contributed by atoms with E-state index in [-0.39, 0.29) is 11.8 Å². The monoisotopic (exact) mass is 429 g/mol. The minimum atomic E-state index is -0.688. The number of nitrogens with zero attached hydrogens (tertiary/aromatic N) is 2. The number of benzene rings is 2. The van der Waals surface area contributed by atoms with Crippen molar-refractivity contribution in [3.8, 4) is 16.9 Å². The van der Waals surface area contributed by atoms with Crippen LogP contribution >= 0.6 is 0 Å². The third-order valence-corrected chi connectivity index (χ3v) is 6.20. The summed E-state index contributed by atoms with van der Waals surface area (Å²) in [6.45, 7) is 0.897. The number of ether oxygens (including phenoxy) is 1. The van der Waals surface area contributed by atoms with Gasteiger partial charge in [0, 0.05) is 38.1 Å². The molecule has 1 aliphatic heterocycles. The highest BCUT2D eigenvalue weighted by atomic mass is 16.5. The summed E-state index contributed by atoms with van der Waals surface area (Å²) in [6.07, 6.45) is 4.69. The van der Waals surface area contributed by atoms with Crippen LogP contribution < -0.4 is 10.1 Å². The van der Waals surface area contributed by atoms with Gasteiger partial charge >= 0.3 is 0 Å². The van der Waals surface area contributed by atoms with E-state index in [0.717, 1.165) is 16.7 Å². The third-order valence-electron chi connectivity index (χ3n) is 6.20. The molecule has 6 nitrogen and oxygen atoms in total. The van der Waals surface area contributed by atoms with Gasteiger partial charge in [0.15, 0.2) is 0 Å². The summed E-state index contributed by atoms with van der Waals surface area (Å²) in [7, 11) is 3.24. The maximum Gasteiger partial charge on any atom is 0.254 e. The summed E-state index contributed by atoms with van der Waals surface area (Å²) in [5.74, 6) is 0.513. The van der Waals surface area contributed by atoms with Crippen molar-refractivity contribution in [1.82, 2.24) is 15.2 Å². The Bertz CT molecular complexity index is 1120. The number of carbonyl (C=O) groups excluding carboxylic acids is 2.